The zero-order valence-corrected chi connectivity index (χ0v) is 12.8. The highest BCUT2D eigenvalue weighted by molar-refractivity contribution is 6.07. The highest BCUT2D eigenvalue weighted by atomic mass is 19.3. The predicted molar refractivity (Wildman–Crippen MR) is 79.9 cm³/mol. The fourth-order valence-corrected chi connectivity index (χ4v) is 2.20. The molecule has 2 N–H and O–H groups in total. The lowest BCUT2D eigenvalue weighted by atomic mass is 10.1. The number of alkyl halides is 4. The Balaban J connectivity index is 1.73. The van der Waals surface area contributed by atoms with Crippen LogP contribution in [-0.4, -0.2) is 18.2 Å². The third-order valence-corrected chi connectivity index (χ3v) is 3.29. The number of nitrogens with one attached hydrogen (secondary N) is 2. The van der Waals surface area contributed by atoms with E-state index in [-0.39, 0.29) is 11.3 Å². The van der Waals surface area contributed by atoms with Crippen LogP contribution in [0, 0.1) is 0 Å². The molecule has 0 spiro atoms. The van der Waals surface area contributed by atoms with E-state index in [0.717, 1.165) is 12.1 Å². The third-order valence-electron chi connectivity index (χ3n) is 3.29. The Morgan fingerprint density at radius 2 is 1.65 bits per heavy atom. The van der Waals surface area contributed by atoms with E-state index < -0.39 is 35.7 Å². The van der Waals surface area contributed by atoms with Crippen molar-refractivity contribution in [3.8, 4) is 5.75 Å². The fourth-order valence-electron chi connectivity index (χ4n) is 2.20. The molecule has 0 aliphatic carbocycles. The number of anilines is 1. The van der Waals surface area contributed by atoms with E-state index in [9.17, 15) is 27.2 Å². The van der Waals surface area contributed by atoms with E-state index in [1.54, 1.807) is 18.2 Å². The molecule has 0 radical (unpaired) electrons. The molecule has 0 bridgehead atoms. The van der Waals surface area contributed by atoms with Crippen LogP contribution in [0.4, 0.5) is 28.0 Å². The maximum absolute atomic E-state index is 13.7. The molecule has 0 aromatic heterocycles. The summed E-state index contributed by atoms with van der Waals surface area (Å²) < 4.78 is 60.6. The predicted octanol–water partition coefficient (Wildman–Crippen LogP) is 3.66. The van der Waals surface area contributed by atoms with Crippen LogP contribution in [0.1, 0.15) is 15.9 Å². The van der Waals surface area contributed by atoms with E-state index >= 15 is 0 Å². The van der Waals surface area contributed by atoms with Crippen molar-refractivity contribution >= 4 is 17.6 Å². The zero-order valence-electron chi connectivity index (χ0n) is 12.8. The molecule has 3 amide bonds. The summed E-state index contributed by atoms with van der Waals surface area (Å²) in [6, 6.07) is 9.40. The number of rotatable bonds is 2. The quantitative estimate of drug-likeness (QED) is 0.791. The molecule has 2 aromatic rings. The number of urea groups is 1. The Morgan fingerprint density at radius 3 is 2.35 bits per heavy atom. The maximum Gasteiger partial charge on any atom is 0.540 e. The van der Waals surface area contributed by atoms with Crippen molar-refractivity contribution in [2.24, 2.45) is 0 Å². The van der Waals surface area contributed by atoms with E-state index in [2.05, 4.69) is 14.8 Å². The molecule has 0 unspecified atom stereocenters. The molecule has 26 heavy (non-hydrogen) atoms. The number of ether oxygens (including phenoxy) is 2. The molecule has 1 heterocycles. The second-order valence-electron chi connectivity index (χ2n) is 5.17. The summed E-state index contributed by atoms with van der Waals surface area (Å²) in [5, 5.41) is 4.15. The lowest BCUT2D eigenvalue weighted by Crippen LogP contribution is -2.41. The van der Waals surface area contributed by atoms with Crippen molar-refractivity contribution in [1.82, 2.24) is 5.32 Å². The normalized spacial score (nSPS) is 16.8. The number of benzene rings is 2. The summed E-state index contributed by atoms with van der Waals surface area (Å²) in [4.78, 5) is 23.7. The monoisotopic (exact) mass is 370 g/mol. The number of fused-ring (bicyclic) bond motifs is 1. The largest absolute Gasteiger partial charge is 0.540 e. The van der Waals surface area contributed by atoms with Gasteiger partial charge in [-0.3, -0.25) is 10.1 Å². The lowest BCUT2D eigenvalue weighted by Gasteiger charge is -2.30. The summed E-state index contributed by atoms with van der Waals surface area (Å²) in [7, 11) is 0. The Bertz CT molecular complexity index is 859. The molecule has 1 aliphatic rings. The van der Waals surface area contributed by atoms with Crippen LogP contribution in [0.2, 0.25) is 0 Å². The van der Waals surface area contributed by atoms with Crippen LogP contribution >= 0.6 is 0 Å². The average molecular weight is 370 g/mol. The van der Waals surface area contributed by atoms with Gasteiger partial charge in [0.15, 0.2) is 0 Å². The first-order valence-corrected chi connectivity index (χ1v) is 7.13. The fraction of sp³-hybridized carbons (Fsp3) is 0.125. The first-order valence-electron chi connectivity index (χ1n) is 7.13. The van der Waals surface area contributed by atoms with E-state index in [4.69, 9.17) is 0 Å². The lowest BCUT2D eigenvalue weighted by molar-refractivity contribution is -0.461. The Hall–Kier alpha value is -3.14. The summed E-state index contributed by atoms with van der Waals surface area (Å²) in [5.41, 5.74) is -0.960. The number of hydrogen-bond donors (Lipinski definition) is 2. The van der Waals surface area contributed by atoms with E-state index in [0.29, 0.717) is 6.07 Å². The van der Waals surface area contributed by atoms with Crippen molar-refractivity contribution in [3.63, 3.8) is 0 Å². The minimum absolute atomic E-state index is 0.181. The second-order valence-corrected chi connectivity index (χ2v) is 5.17. The Kier molecular flexibility index (Phi) is 4.28. The van der Waals surface area contributed by atoms with Crippen LogP contribution in [0.25, 0.3) is 0 Å². The van der Waals surface area contributed by atoms with Crippen molar-refractivity contribution in [2.45, 2.75) is 12.4 Å². The molecule has 3 rings (SSSR count). The number of hydrogen-bond acceptors (Lipinski definition) is 4. The SMILES string of the molecule is O=C(NC(=O)c1ccccc1)Nc1ccc2c(c1)C(F)(F)OC(F)(F)O2. The first-order chi connectivity index (χ1) is 12.2. The smallest absolute Gasteiger partial charge is 0.409 e. The van der Waals surface area contributed by atoms with Crippen molar-refractivity contribution in [2.75, 3.05) is 5.32 Å². The summed E-state index contributed by atoms with van der Waals surface area (Å²) in [6.07, 6.45) is -8.81. The van der Waals surface area contributed by atoms with E-state index in [1.807, 2.05) is 5.32 Å². The van der Waals surface area contributed by atoms with Gasteiger partial charge in [0.1, 0.15) is 5.75 Å². The standard InChI is InChI=1S/C16H10F4N2O4/c17-15(18)11-8-10(6-7-12(11)25-16(19,20)26-15)21-14(24)22-13(23)9-4-2-1-3-5-9/h1-8H,(H2,21,22,23,24). The molecule has 1 aliphatic heterocycles. The topological polar surface area (TPSA) is 76.7 Å². The summed E-state index contributed by atoms with van der Waals surface area (Å²) in [5.74, 6) is -1.50. The molecular weight excluding hydrogens is 360 g/mol. The van der Waals surface area contributed by atoms with Gasteiger partial charge in [-0.15, -0.1) is 8.78 Å². The highest BCUT2D eigenvalue weighted by Gasteiger charge is 2.54. The van der Waals surface area contributed by atoms with Crippen molar-refractivity contribution in [1.29, 1.82) is 0 Å². The number of carbonyl (C=O) groups is 2. The Labute approximate surface area is 143 Å². The van der Waals surface area contributed by atoms with Gasteiger partial charge in [0.25, 0.3) is 5.91 Å². The minimum atomic E-state index is -4.48. The molecule has 136 valence electrons. The molecule has 0 saturated carbocycles. The van der Waals surface area contributed by atoms with Crippen molar-refractivity contribution in [3.05, 3.63) is 59.7 Å². The highest BCUT2D eigenvalue weighted by Crippen LogP contribution is 2.46. The molecule has 0 saturated heterocycles. The summed E-state index contributed by atoms with van der Waals surface area (Å²) in [6.45, 7) is 0. The molecule has 0 atom stereocenters. The van der Waals surface area contributed by atoms with Crippen LogP contribution < -0.4 is 15.4 Å². The van der Waals surface area contributed by atoms with Crippen LogP contribution in [0.5, 0.6) is 5.75 Å². The van der Waals surface area contributed by atoms with Gasteiger partial charge in [-0.25, -0.2) is 9.53 Å². The van der Waals surface area contributed by atoms with Gasteiger partial charge in [0.05, 0.1) is 5.56 Å². The van der Waals surface area contributed by atoms with Gasteiger partial charge in [-0.1, -0.05) is 18.2 Å². The van der Waals surface area contributed by atoms with Gasteiger partial charge < -0.3 is 10.1 Å². The maximum atomic E-state index is 13.7. The number of carbonyl (C=O) groups excluding carboxylic acids is 2. The Morgan fingerprint density at radius 1 is 0.962 bits per heavy atom. The molecule has 2 aromatic carbocycles. The van der Waals surface area contributed by atoms with E-state index in [1.165, 1.54) is 12.1 Å². The van der Waals surface area contributed by atoms with Crippen LogP contribution in [0.3, 0.4) is 0 Å². The van der Waals surface area contributed by atoms with Crippen molar-refractivity contribution < 1.29 is 36.6 Å². The van der Waals surface area contributed by atoms with Gasteiger partial charge in [0, 0.05) is 11.3 Å². The minimum Gasteiger partial charge on any atom is -0.409 e. The van der Waals surface area contributed by atoms with Gasteiger partial charge in [-0.2, -0.15) is 8.78 Å². The second kappa shape index (κ2) is 6.30. The molecule has 6 nitrogen and oxygen atoms in total. The molecular formula is C16H10F4N2O4. The third kappa shape index (κ3) is 3.75. The van der Waals surface area contributed by atoms with Gasteiger partial charge >= 0.3 is 18.4 Å². The first kappa shape index (κ1) is 17.7. The van der Waals surface area contributed by atoms with Gasteiger partial charge in [-0.05, 0) is 30.3 Å². The number of amides is 3. The number of imide groups is 1. The zero-order chi connectivity index (χ0) is 18.9. The average Bonchev–Trinajstić information content (AvgIpc) is 2.54. The number of halogens is 4. The molecule has 10 heteroatoms. The summed E-state index contributed by atoms with van der Waals surface area (Å²) >= 11 is 0. The van der Waals surface area contributed by atoms with Gasteiger partial charge in [0.2, 0.25) is 0 Å². The molecule has 0 fully saturated rings. The van der Waals surface area contributed by atoms with Crippen LogP contribution in [0.15, 0.2) is 48.5 Å². The van der Waals surface area contributed by atoms with Crippen LogP contribution in [-0.2, 0) is 10.8 Å².